The summed E-state index contributed by atoms with van der Waals surface area (Å²) in [5.41, 5.74) is 1.04. The number of rotatable bonds is 3. The summed E-state index contributed by atoms with van der Waals surface area (Å²) < 4.78 is 4.94. The predicted octanol–water partition coefficient (Wildman–Crippen LogP) is 0.447. The molecule has 0 spiro atoms. The Bertz CT molecular complexity index is 377. The molecule has 1 aliphatic rings. The molecule has 0 bridgehead atoms. The van der Waals surface area contributed by atoms with Gasteiger partial charge in [-0.3, -0.25) is 0 Å². The fraction of sp³-hybridized carbons (Fsp3) is 0.700. The van der Waals surface area contributed by atoms with Crippen molar-refractivity contribution in [2.75, 3.05) is 13.2 Å². The zero-order valence-corrected chi connectivity index (χ0v) is 9.49. The van der Waals surface area contributed by atoms with E-state index in [0.717, 1.165) is 18.7 Å². The van der Waals surface area contributed by atoms with Crippen molar-refractivity contribution in [2.24, 2.45) is 0 Å². The monoisotopic (exact) mass is 224 g/mol. The maximum atomic E-state index is 11.6. The number of aromatic amines is 1. The third kappa shape index (κ3) is 1.92. The van der Waals surface area contributed by atoms with E-state index >= 15 is 0 Å². The topological polar surface area (TPSA) is 79.9 Å². The van der Waals surface area contributed by atoms with Gasteiger partial charge in [-0.25, -0.2) is 4.79 Å². The van der Waals surface area contributed by atoms with Crippen molar-refractivity contribution in [1.82, 2.24) is 20.7 Å². The van der Waals surface area contributed by atoms with Gasteiger partial charge in [-0.2, -0.15) is 10.3 Å². The van der Waals surface area contributed by atoms with Crippen LogP contribution in [0, 0.1) is 0 Å². The Morgan fingerprint density at radius 1 is 1.56 bits per heavy atom. The SMILES string of the molecule is CCOC(=O)c1n[nH]nc1C1CCNC1C. The Hall–Kier alpha value is -1.43. The lowest BCUT2D eigenvalue weighted by atomic mass is 9.96. The lowest BCUT2D eigenvalue weighted by Crippen LogP contribution is -2.23. The summed E-state index contributed by atoms with van der Waals surface area (Å²) in [5.74, 6) is -0.163. The van der Waals surface area contributed by atoms with Gasteiger partial charge in [0.1, 0.15) is 5.69 Å². The van der Waals surface area contributed by atoms with Crippen molar-refractivity contribution < 1.29 is 9.53 Å². The molecule has 2 unspecified atom stereocenters. The molecule has 1 aromatic heterocycles. The highest BCUT2D eigenvalue weighted by molar-refractivity contribution is 5.88. The molecule has 6 nitrogen and oxygen atoms in total. The van der Waals surface area contributed by atoms with Crippen molar-refractivity contribution in [2.45, 2.75) is 32.2 Å². The third-order valence-electron chi connectivity index (χ3n) is 2.92. The van der Waals surface area contributed by atoms with Crippen LogP contribution in [0.1, 0.15) is 42.4 Å². The Balaban J connectivity index is 2.21. The van der Waals surface area contributed by atoms with Crippen LogP contribution in [0.25, 0.3) is 0 Å². The molecule has 1 aromatic rings. The number of carbonyl (C=O) groups is 1. The first-order valence-corrected chi connectivity index (χ1v) is 5.55. The second-order valence-corrected chi connectivity index (χ2v) is 3.92. The summed E-state index contributed by atoms with van der Waals surface area (Å²) in [4.78, 5) is 11.6. The minimum Gasteiger partial charge on any atom is -0.461 e. The first kappa shape index (κ1) is 11.1. The Morgan fingerprint density at radius 2 is 2.38 bits per heavy atom. The van der Waals surface area contributed by atoms with Gasteiger partial charge in [0.2, 0.25) is 0 Å². The number of H-pyrrole nitrogens is 1. The Morgan fingerprint density at radius 3 is 3.00 bits per heavy atom. The molecule has 16 heavy (non-hydrogen) atoms. The van der Waals surface area contributed by atoms with Gasteiger partial charge in [0.05, 0.1) is 6.61 Å². The zero-order chi connectivity index (χ0) is 11.5. The molecule has 0 aromatic carbocycles. The Kier molecular flexibility index (Phi) is 3.19. The van der Waals surface area contributed by atoms with E-state index in [2.05, 4.69) is 27.7 Å². The highest BCUT2D eigenvalue weighted by Gasteiger charge is 2.31. The summed E-state index contributed by atoms with van der Waals surface area (Å²) in [5, 5.41) is 13.8. The molecule has 1 saturated heterocycles. The summed E-state index contributed by atoms with van der Waals surface area (Å²) in [6.45, 7) is 5.16. The molecule has 2 N–H and O–H groups in total. The number of nitrogens with zero attached hydrogens (tertiary/aromatic N) is 2. The van der Waals surface area contributed by atoms with Crippen molar-refractivity contribution >= 4 is 5.97 Å². The molecule has 1 fully saturated rings. The van der Waals surface area contributed by atoms with Gasteiger partial charge in [-0.1, -0.05) is 0 Å². The largest absolute Gasteiger partial charge is 0.461 e. The van der Waals surface area contributed by atoms with Crippen LogP contribution in [0.2, 0.25) is 0 Å². The summed E-state index contributed by atoms with van der Waals surface area (Å²) in [6, 6.07) is 0.318. The lowest BCUT2D eigenvalue weighted by molar-refractivity contribution is 0.0517. The first-order valence-electron chi connectivity index (χ1n) is 5.55. The van der Waals surface area contributed by atoms with E-state index in [-0.39, 0.29) is 5.92 Å². The van der Waals surface area contributed by atoms with Gasteiger partial charge < -0.3 is 10.1 Å². The van der Waals surface area contributed by atoms with Crippen molar-refractivity contribution in [3.05, 3.63) is 11.4 Å². The van der Waals surface area contributed by atoms with Crippen LogP contribution in [-0.2, 0) is 4.74 Å². The normalized spacial score (nSPS) is 24.6. The zero-order valence-electron chi connectivity index (χ0n) is 9.49. The minimum absolute atomic E-state index is 0.234. The van der Waals surface area contributed by atoms with E-state index in [9.17, 15) is 4.79 Å². The number of hydrogen-bond donors (Lipinski definition) is 2. The van der Waals surface area contributed by atoms with Crippen molar-refractivity contribution in [3.63, 3.8) is 0 Å². The number of esters is 1. The highest BCUT2D eigenvalue weighted by Crippen LogP contribution is 2.27. The molecule has 0 amide bonds. The van der Waals surface area contributed by atoms with Crippen LogP contribution < -0.4 is 5.32 Å². The molecule has 6 heteroatoms. The lowest BCUT2D eigenvalue weighted by Gasteiger charge is -2.12. The molecule has 0 radical (unpaired) electrons. The van der Waals surface area contributed by atoms with E-state index in [0.29, 0.717) is 18.3 Å². The highest BCUT2D eigenvalue weighted by atomic mass is 16.5. The molecular weight excluding hydrogens is 208 g/mol. The molecular formula is C10H16N4O2. The van der Waals surface area contributed by atoms with Crippen LogP contribution in [0.5, 0.6) is 0 Å². The van der Waals surface area contributed by atoms with E-state index < -0.39 is 5.97 Å². The van der Waals surface area contributed by atoms with E-state index in [4.69, 9.17) is 4.74 Å². The summed E-state index contributed by atoms with van der Waals surface area (Å²) in [7, 11) is 0. The maximum absolute atomic E-state index is 11.6. The first-order chi connectivity index (χ1) is 7.74. The van der Waals surface area contributed by atoms with Gasteiger partial charge in [0, 0.05) is 12.0 Å². The van der Waals surface area contributed by atoms with E-state index in [1.54, 1.807) is 6.92 Å². The van der Waals surface area contributed by atoms with Gasteiger partial charge >= 0.3 is 5.97 Å². The van der Waals surface area contributed by atoms with Crippen LogP contribution in [0.3, 0.4) is 0 Å². The second kappa shape index (κ2) is 4.61. The minimum atomic E-state index is -0.398. The molecule has 2 heterocycles. The number of aromatic nitrogens is 3. The third-order valence-corrected chi connectivity index (χ3v) is 2.92. The second-order valence-electron chi connectivity index (χ2n) is 3.92. The molecule has 1 aliphatic heterocycles. The average Bonchev–Trinajstić information content (AvgIpc) is 2.85. The average molecular weight is 224 g/mol. The predicted molar refractivity (Wildman–Crippen MR) is 57.2 cm³/mol. The van der Waals surface area contributed by atoms with Crippen molar-refractivity contribution in [3.8, 4) is 0 Å². The summed E-state index contributed by atoms with van der Waals surface area (Å²) >= 11 is 0. The standard InChI is InChI=1S/C10H16N4O2/c1-3-16-10(15)9-8(12-14-13-9)7-4-5-11-6(7)2/h6-7,11H,3-5H2,1-2H3,(H,12,13,14). The number of nitrogens with one attached hydrogen (secondary N) is 2. The molecule has 2 atom stereocenters. The van der Waals surface area contributed by atoms with Gasteiger partial charge in [-0.05, 0) is 26.8 Å². The van der Waals surface area contributed by atoms with Gasteiger partial charge in [0.25, 0.3) is 0 Å². The molecule has 0 saturated carbocycles. The quantitative estimate of drug-likeness (QED) is 0.728. The van der Waals surface area contributed by atoms with E-state index in [1.807, 2.05) is 0 Å². The maximum Gasteiger partial charge on any atom is 0.360 e. The van der Waals surface area contributed by atoms with Crippen LogP contribution >= 0.6 is 0 Å². The van der Waals surface area contributed by atoms with Crippen molar-refractivity contribution in [1.29, 1.82) is 0 Å². The number of carbonyl (C=O) groups excluding carboxylic acids is 1. The van der Waals surface area contributed by atoms with Gasteiger partial charge in [-0.15, -0.1) is 5.10 Å². The number of ether oxygens (including phenoxy) is 1. The van der Waals surface area contributed by atoms with Crippen LogP contribution in [-0.4, -0.2) is 40.6 Å². The van der Waals surface area contributed by atoms with Gasteiger partial charge in [0.15, 0.2) is 5.69 Å². The van der Waals surface area contributed by atoms with E-state index in [1.165, 1.54) is 0 Å². The van der Waals surface area contributed by atoms with Crippen LogP contribution in [0.4, 0.5) is 0 Å². The number of hydrogen-bond acceptors (Lipinski definition) is 5. The molecule has 2 rings (SSSR count). The Labute approximate surface area is 93.8 Å². The smallest absolute Gasteiger partial charge is 0.360 e. The van der Waals surface area contributed by atoms with Crippen LogP contribution in [0.15, 0.2) is 0 Å². The summed E-state index contributed by atoms with van der Waals surface area (Å²) in [6.07, 6.45) is 0.972. The molecule has 88 valence electrons. The fourth-order valence-electron chi connectivity index (χ4n) is 2.08. The fourth-order valence-corrected chi connectivity index (χ4v) is 2.08. The molecule has 0 aliphatic carbocycles.